The molecule has 1 aliphatic rings. The van der Waals surface area contributed by atoms with E-state index in [4.69, 9.17) is 0 Å². The van der Waals surface area contributed by atoms with Crippen LogP contribution in [0.15, 0.2) is 23.1 Å². The van der Waals surface area contributed by atoms with Crippen molar-refractivity contribution in [3.63, 3.8) is 0 Å². The van der Waals surface area contributed by atoms with E-state index in [0.717, 1.165) is 29.3 Å². The fourth-order valence-electron chi connectivity index (χ4n) is 2.31. The lowest BCUT2D eigenvalue weighted by Crippen LogP contribution is -2.47. The Bertz CT molecular complexity index is 744. The van der Waals surface area contributed by atoms with E-state index in [0.29, 0.717) is 6.07 Å². The van der Waals surface area contributed by atoms with Gasteiger partial charge in [-0.2, -0.15) is 18.3 Å². The van der Waals surface area contributed by atoms with E-state index in [-0.39, 0.29) is 5.92 Å². The van der Waals surface area contributed by atoms with Gasteiger partial charge in [-0.3, -0.25) is 0 Å². The molecule has 0 N–H and O–H groups in total. The van der Waals surface area contributed by atoms with Crippen molar-refractivity contribution in [3.8, 4) is 11.8 Å². The molecular weight excluding hydrogens is 333 g/mol. The molecule has 23 heavy (non-hydrogen) atoms. The van der Waals surface area contributed by atoms with Crippen LogP contribution in [0, 0.1) is 23.1 Å². The lowest BCUT2D eigenvalue weighted by Gasteiger charge is -2.32. The molecular formula is C14H15F3N2O3S. The molecule has 126 valence electrons. The van der Waals surface area contributed by atoms with Crippen LogP contribution in [-0.2, 0) is 10.0 Å². The minimum Gasteiger partial charge on any atom is -0.432 e. The van der Waals surface area contributed by atoms with Crippen LogP contribution in [0.1, 0.15) is 19.8 Å². The average Bonchev–Trinajstić information content (AvgIpc) is 3.32. The lowest BCUT2D eigenvalue weighted by molar-refractivity contribution is -0.0522. The molecule has 0 aromatic heterocycles. The highest BCUT2D eigenvalue weighted by atomic mass is 32.2. The zero-order chi connectivity index (χ0) is 17.4. The van der Waals surface area contributed by atoms with Crippen molar-refractivity contribution in [1.82, 2.24) is 4.31 Å². The minimum atomic E-state index is -4.15. The molecule has 1 fully saturated rings. The second kappa shape index (κ2) is 6.02. The highest BCUT2D eigenvalue weighted by Crippen LogP contribution is 2.44. The number of halogens is 3. The molecule has 1 saturated carbocycles. The van der Waals surface area contributed by atoms with Crippen LogP contribution in [-0.4, -0.2) is 31.9 Å². The molecule has 1 atom stereocenters. The van der Waals surface area contributed by atoms with Gasteiger partial charge in [0.05, 0.1) is 11.0 Å². The van der Waals surface area contributed by atoms with Crippen LogP contribution in [0.3, 0.4) is 0 Å². The predicted molar refractivity (Wildman–Crippen MR) is 74.7 cm³/mol. The topological polar surface area (TPSA) is 70.4 Å². The van der Waals surface area contributed by atoms with Crippen molar-refractivity contribution in [2.45, 2.75) is 36.8 Å². The first kappa shape index (κ1) is 17.6. The van der Waals surface area contributed by atoms with Crippen LogP contribution < -0.4 is 4.74 Å². The molecule has 9 heteroatoms. The number of hydrogen-bond acceptors (Lipinski definition) is 4. The van der Waals surface area contributed by atoms with E-state index in [9.17, 15) is 26.9 Å². The van der Waals surface area contributed by atoms with Gasteiger partial charge in [0.1, 0.15) is 5.54 Å². The number of rotatable bonds is 6. The summed E-state index contributed by atoms with van der Waals surface area (Å²) in [4.78, 5) is -0.429. The van der Waals surface area contributed by atoms with E-state index < -0.39 is 38.6 Å². The molecule has 0 bridgehead atoms. The summed E-state index contributed by atoms with van der Waals surface area (Å²) in [6.07, 6.45) is 1.47. The largest absolute Gasteiger partial charge is 0.432 e. The first-order chi connectivity index (χ1) is 10.6. The molecule has 0 unspecified atom stereocenters. The molecule has 0 radical (unpaired) electrons. The van der Waals surface area contributed by atoms with Gasteiger partial charge >= 0.3 is 6.61 Å². The summed E-state index contributed by atoms with van der Waals surface area (Å²) in [5, 5.41) is 9.34. The maximum atomic E-state index is 13.7. The molecule has 2 rings (SSSR count). The summed E-state index contributed by atoms with van der Waals surface area (Å²) in [7, 11) is -2.91. The molecule has 5 nitrogen and oxygen atoms in total. The van der Waals surface area contributed by atoms with E-state index in [1.807, 2.05) is 6.07 Å². The Morgan fingerprint density at radius 2 is 2.04 bits per heavy atom. The van der Waals surface area contributed by atoms with Gasteiger partial charge in [0.25, 0.3) is 0 Å². The molecule has 0 amide bonds. The number of nitriles is 1. The SMILES string of the molecule is CN([C@@](C)(C#N)C1CC1)S(=O)(=O)c1ccc(OC(F)F)c(F)c1. The first-order valence-corrected chi connectivity index (χ1v) is 8.21. The van der Waals surface area contributed by atoms with E-state index in [1.165, 1.54) is 14.0 Å². The molecule has 0 saturated heterocycles. The van der Waals surface area contributed by atoms with Crippen molar-refractivity contribution < 1.29 is 26.3 Å². The maximum Gasteiger partial charge on any atom is 0.387 e. The number of benzene rings is 1. The molecule has 1 aromatic rings. The van der Waals surface area contributed by atoms with Gasteiger partial charge < -0.3 is 4.74 Å². The van der Waals surface area contributed by atoms with Gasteiger partial charge in [-0.05, 0) is 43.9 Å². The van der Waals surface area contributed by atoms with Gasteiger partial charge in [-0.1, -0.05) is 0 Å². The van der Waals surface area contributed by atoms with Gasteiger partial charge in [-0.25, -0.2) is 12.8 Å². The Balaban J connectivity index is 2.36. The van der Waals surface area contributed by atoms with E-state index >= 15 is 0 Å². The Morgan fingerprint density at radius 1 is 1.43 bits per heavy atom. The third kappa shape index (κ3) is 3.28. The zero-order valence-electron chi connectivity index (χ0n) is 12.5. The normalized spacial score (nSPS) is 17.8. The number of ether oxygens (including phenoxy) is 1. The molecule has 0 heterocycles. The summed E-state index contributed by atoms with van der Waals surface area (Å²) in [5.41, 5.74) is -1.24. The lowest BCUT2D eigenvalue weighted by atomic mass is 9.99. The average molecular weight is 348 g/mol. The van der Waals surface area contributed by atoms with Crippen molar-refractivity contribution >= 4 is 10.0 Å². The van der Waals surface area contributed by atoms with Crippen molar-refractivity contribution in [2.75, 3.05) is 7.05 Å². The summed E-state index contributed by atoms with van der Waals surface area (Å²) in [6, 6.07) is 4.39. The Kier molecular flexibility index (Phi) is 4.59. The van der Waals surface area contributed by atoms with E-state index in [1.54, 1.807) is 0 Å². The Hall–Kier alpha value is -1.79. The van der Waals surface area contributed by atoms with Crippen LogP contribution in [0.5, 0.6) is 5.75 Å². The number of sulfonamides is 1. The van der Waals surface area contributed by atoms with Crippen LogP contribution in [0.4, 0.5) is 13.2 Å². The van der Waals surface area contributed by atoms with Gasteiger partial charge in [0, 0.05) is 7.05 Å². The highest BCUT2D eigenvalue weighted by molar-refractivity contribution is 7.89. The fourth-order valence-corrected chi connectivity index (χ4v) is 3.80. The third-order valence-corrected chi connectivity index (χ3v) is 5.98. The maximum absolute atomic E-state index is 13.7. The van der Waals surface area contributed by atoms with Gasteiger partial charge in [0.2, 0.25) is 10.0 Å². The van der Waals surface area contributed by atoms with Crippen molar-refractivity contribution in [3.05, 3.63) is 24.0 Å². The predicted octanol–water partition coefficient (Wildman–Crippen LogP) is 2.74. The number of alkyl halides is 2. The number of hydrogen-bond donors (Lipinski definition) is 0. The number of nitrogens with zero attached hydrogens (tertiary/aromatic N) is 2. The Morgan fingerprint density at radius 3 is 2.48 bits per heavy atom. The summed E-state index contributed by atoms with van der Waals surface area (Å²) in [5.74, 6) is -2.05. The first-order valence-electron chi connectivity index (χ1n) is 6.77. The van der Waals surface area contributed by atoms with Gasteiger partial charge in [-0.15, -0.1) is 0 Å². The van der Waals surface area contributed by atoms with E-state index in [2.05, 4.69) is 4.74 Å². The van der Waals surface area contributed by atoms with Crippen molar-refractivity contribution in [1.29, 1.82) is 5.26 Å². The smallest absolute Gasteiger partial charge is 0.387 e. The quantitative estimate of drug-likeness (QED) is 0.793. The summed E-state index contributed by atoms with van der Waals surface area (Å²) >= 11 is 0. The summed E-state index contributed by atoms with van der Waals surface area (Å²) < 4.78 is 68.0. The molecule has 0 aliphatic heterocycles. The molecule has 0 spiro atoms. The zero-order valence-corrected chi connectivity index (χ0v) is 13.3. The molecule has 1 aliphatic carbocycles. The second-order valence-corrected chi connectivity index (χ2v) is 7.45. The second-order valence-electron chi connectivity index (χ2n) is 5.48. The van der Waals surface area contributed by atoms with Crippen LogP contribution >= 0.6 is 0 Å². The fraction of sp³-hybridized carbons (Fsp3) is 0.500. The Labute approximate surface area is 132 Å². The minimum absolute atomic E-state index is 0.0847. The summed E-state index contributed by atoms with van der Waals surface area (Å²) in [6.45, 7) is -1.71. The standard InChI is InChI=1S/C14H15F3N2O3S/c1-14(8-18,9-3-4-9)19(2)23(20,21)10-5-6-12(11(15)7-10)22-13(16)17/h5-7,9,13H,3-4H2,1-2H3/t14-/m0/s1. The molecule has 1 aromatic carbocycles. The van der Waals surface area contributed by atoms with Crippen LogP contribution in [0.2, 0.25) is 0 Å². The monoisotopic (exact) mass is 348 g/mol. The van der Waals surface area contributed by atoms with Crippen LogP contribution in [0.25, 0.3) is 0 Å². The van der Waals surface area contributed by atoms with Crippen molar-refractivity contribution in [2.24, 2.45) is 5.92 Å². The highest BCUT2D eigenvalue weighted by Gasteiger charge is 2.49. The van der Waals surface area contributed by atoms with Gasteiger partial charge in [0.15, 0.2) is 11.6 Å². The third-order valence-electron chi connectivity index (χ3n) is 4.03.